The number of imidazole rings is 1. The molecule has 37 heavy (non-hydrogen) atoms. The van der Waals surface area contributed by atoms with Crippen LogP contribution in [0.25, 0.3) is 27.8 Å². The van der Waals surface area contributed by atoms with Crippen LogP contribution in [0.4, 0.5) is 4.39 Å². The average Bonchev–Trinajstić information content (AvgIpc) is 3.58. The fraction of sp³-hybridized carbons (Fsp3) is 0.0741. The van der Waals surface area contributed by atoms with Crippen molar-refractivity contribution in [1.29, 1.82) is 0 Å². The molecule has 0 amide bonds. The van der Waals surface area contributed by atoms with Crippen LogP contribution in [0, 0.1) is 11.0 Å². The van der Waals surface area contributed by atoms with Crippen LogP contribution in [0.2, 0.25) is 5.02 Å². The van der Waals surface area contributed by atoms with Gasteiger partial charge in [0.2, 0.25) is 5.69 Å². The molecule has 1 atom stereocenters. The summed E-state index contributed by atoms with van der Waals surface area (Å²) in [5.41, 5.74) is 4.78. The first kappa shape index (κ1) is 22.8. The molecule has 0 aliphatic heterocycles. The van der Waals surface area contributed by atoms with Gasteiger partial charge in [0.25, 0.3) is 0 Å². The van der Waals surface area contributed by atoms with Gasteiger partial charge in [0.15, 0.2) is 6.20 Å². The summed E-state index contributed by atoms with van der Waals surface area (Å²) < 4.78 is 16.2. The van der Waals surface area contributed by atoms with Crippen molar-refractivity contribution in [3.8, 4) is 16.8 Å². The molecule has 0 aliphatic rings. The molecular formula is C27H19ClFN7O. The maximum Gasteiger partial charge on any atom is 0.203 e. The molecule has 0 unspecified atom stereocenters. The maximum atomic E-state index is 13.8. The Kier molecular flexibility index (Phi) is 5.82. The van der Waals surface area contributed by atoms with Crippen molar-refractivity contribution in [1.82, 2.24) is 30.2 Å². The number of tetrazole rings is 1. The summed E-state index contributed by atoms with van der Waals surface area (Å²) in [5.74, 6) is -0.174. The second-order valence-corrected chi connectivity index (χ2v) is 9.05. The molecule has 0 spiro atoms. The zero-order valence-electron chi connectivity index (χ0n) is 19.3. The van der Waals surface area contributed by atoms with Crippen LogP contribution >= 0.6 is 11.6 Å². The van der Waals surface area contributed by atoms with Crippen molar-refractivity contribution in [2.24, 2.45) is 0 Å². The first-order chi connectivity index (χ1) is 18.0. The number of halogens is 2. The fourth-order valence-electron chi connectivity index (χ4n) is 4.49. The lowest BCUT2D eigenvalue weighted by Gasteiger charge is -2.16. The van der Waals surface area contributed by atoms with Crippen LogP contribution in [0.3, 0.4) is 0 Å². The van der Waals surface area contributed by atoms with E-state index in [1.807, 2.05) is 36.4 Å². The van der Waals surface area contributed by atoms with E-state index < -0.39 is 5.92 Å². The van der Waals surface area contributed by atoms with E-state index in [4.69, 9.17) is 16.6 Å². The Hall–Kier alpha value is -4.63. The number of hydrogen-bond donors (Lipinski definition) is 1. The third kappa shape index (κ3) is 4.52. The quantitative estimate of drug-likeness (QED) is 0.250. The van der Waals surface area contributed by atoms with Gasteiger partial charge in [-0.05, 0) is 64.9 Å². The van der Waals surface area contributed by atoms with Crippen LogP contribution < -0.4 is 4.73 Å². The molecule has 3 heterocycles. The Morgan fingerprint density at radius 3 is 2.68 bits per heavy atom. The number of nitrogens with zero attached hydrogens (tertiary/aromatic N) is 6. The van der Waals surface area contributed by atoms with E-state index in [-0.39, 0.29) is 5.82 Å². The molecule has 8 nitrogen and oxygen atoms in total. The minimum Gasteiger partial charge on any atom is -0.618 e. The van der Waals surface area contributed by atoms with Gasteiger partial charge in [0, 0.05) is 22.2 Å². The highest BCUT2D eigenvalue weighted by Crippen LogP contribution is 2.31. The van der Waals surface area contributed by atoms with E-state index in [1.54, 1.807) is 30.3 Å². The smallest absolute Gasteiger partial charge is 0.203 e. The van der Waals surface area contributed by atoms with E-state index >= 15 is 0 Å². The van der Waals surface area contributed by atoms with Crippen molar-refractivity contribution in [3.63, 3.8) is 0 Å². The van der Waals surface area contributed by atoms with Gasteiger partial charge < -0.3 is 10.2 Å². The van der Waals surface area contributed by atoms with E-state index in [0.29, 0.717) is 50.8 Å². The van der Waals surface area contributed by atoms with Crippen LogP contribution in [-0.2, 0) is 6.42 Å². The summed E-state index contributed by atoms with van der Waals surface area (Å²) in [6, 6.07) is 23.2. The molecule has 6 rings (SSSR count). The number of fused-ring (bicyclic) bond motifs is 1. The standard InChI is InChI=1S/C27H19ClFN7O/c28-19-7-11-25(35-16-30-33-34-35)21(13-19)18-6-10-26(36(37)15-18)22(12-17-4-2-1-3-5-17)27-31-23-9-8-20(29)14-24(23)32-27/h1-11,13-16,22H,12H2,(H,31,32)/t22-/m0/s1. The van der Waals surface area contributed by atoms with Crippen molar-refractivity contribution in [2.45, 2.75) is 12.3 Å². The number of aromatic amines is 1. The van der Waals surface area contributed by atoms with Crippen LogP contribution in [-0.4, -0.2) is 30.2 Å². The predicted molar refractivity (Wildman–Crippen MR) is 137 cm³/mol. The van der Waals surface area contributed by atoms with Crippen molar-refractivity contribution in [3.05, 3.63) is 125 Å². The molecule has 10 heteroatoms. The van der Waals surface area contributed by atoms with E-state index in [9.17, 15) is 9.60 Å². The normalized spacial score (nSPS) is 12.2. The predicted octanol–water partition coefficient (Wildman–Crippen LogP) is 5.01. The van der Waals surface area contributed by atoms with Gasteiger partial charge in [-0.2, -0.15) is 9.41 Å². The molecule has 6 aromatic rings. The summed E-state index contributed by atoms with van der Waals surface area (Å²) in [6.45, 7) is 0. The van der Waals surface area contributed by atoms with E-state index in [0.717, 1.165) is 10.3 Å². The van der Waals surface area contributed by atoms with Gasteiger partial charge in [-0.3, -0.25) is 0 Å². The Bertz CT molecular complexity index is 1700. The molecule has 0 radical (unpaired) electrons. The number of benzene rings is 3. The fourth-order valence-corrected chi connectivity index (χ4v) is 4.66. The molecule has 182 valence electrons. The monoisotopic (exact) mass is 511 g/mol. The molecule has 0 aliphatic carbocycles. The number of rotatable bonds is 6. The van der Waals surface area contributed by atoms with Crippen LogP contribution in [0.5, 0.6) is 0 Å². The van der Waals surface area contributed by atoms with Crippen LogP contribution in [0.1, 0.15) is 23.0 Å². The SMILES string of the molecule is [O-][n+]1cc(-c2cc(Cl)ccc2-n2cnnn2)ccc1[C@H](Cc1ccccc1)c1nc2ccc(F)cc2[nH]1. The minimum absolute atomic E-state index is 0.356. The van der Waals surface area contributed by atoms with Gasteiger partial charge in [-0.25, -0.2) is 9.37 Å². The number of aromatic nitrogens is 7. The lowest BCUT2D eigenvalue weighted by molar-refractivity contribution is -0.614. The molecule has 3 aromatic heterocycles. The molecular weight excluding hydrogens is 493 g/mol. The first-order valence-corrected chi connectivity index (χ1v) is 11.9. The number of nitrogens with one attached hydrogen (secondary N) is 1. The highest BCUT2D eigenvalue weighted by Gasteiger charge is 2.27. The Morgan fingerprint density at radius 2 is 1.89 bits per heavy atom. The third-order valence-electron chi connectivity index (χ3n) is 6.24. The highest BCUT2D eigenvalue weighted by atomic mass is 35.5. The van der Waals surface area contributed by atoms with Gasteiger partial charge >= 0.3 is 0 Å². The van der Waals surface area contributed by atoms with Crippen molar-refractivity contribution in [2.75, 3.05) is 0 Å². The van der Waals surface area contributed by atoms with Gasteiger partial charge in [-0.15, -0.1) is 5.10 Å². The Morgan fingerprint density at radius 1 is 1.03 bits per heavy atom. The zero-order valence-corrected chi connectivity index (χ0v) is 20.0. The lowest BCUT2D eigenvalue weighted by atomic mass is 9.94. The summed E-state index contributed by atoms with van der Waals surface area (Å²) >= 11 is 6.28. The Labute approximate surface area is 215 Å². The van der Waals surface area contributed by atoms with Crippen molar-refractivity contribution >= 4 is 22.6 Å². The average molecular weight is 512 g/mol. The van der Waals surface area contributed by atoms with E-state index in [2.05, 4.69) is 20.5 Å². The number of hydrogen-bond acceptors (Lipinski definition) is 5. The topological polar surface area (TPSA) is 99.2 Å². The van der Waals surface area contributed by atoms with Gasteiger partial charge in [-0.1, -0.05) is 41.9 Å². The largest absolute Gasteiger partial charge is 0.618 e. The second kappa shape index (κ2) is 9.44. The lowest BCUT2D eigenvalue weighted by Crippen LogP contribution is -2.34. The molecule has 0 bridgehead atoms. The molecule has 0 fully saturated rings. The third-order valence-corrected chi connectivity index (χ3v) is 6.48. The molecule has 3 aromatic carbocycles. The highest BCUT2D eigenvalue weighted by molar-refractivity contribution is 6.31. The summed E-state index contributed by atoms with van der Waals surface area (Å²) in [5, 5.41) is 25.4. The second-order valence-electron chi connectivity index (χ2n) is 8.61. The maximum absolute atomic E-state index is 13.8. The van der Waals surface area contributed by atoms with Gasteiger partial charge in [0.05, 0.1) is 16.7 Å². The van der Waals surface area contributed by atoms with Crippen LogP contribution in [0.15, 0.2) is 91.4 Å². The molecule has 0 saturated heterocycles. The minimum atomic E-state index is -0.400. The first-order valence-electron chi connectivity index (χ1n) is 11.5. The summed E-state index contributed by atoms with van der Waals surface area (Å²) in [7, 11) is 0. The van der Waals surface area contributed by atoms with E-state index in [1.165, 1.54) is 29.3 Å². The summed E-state index contributed by atoms with van der Waals surface area (Å²) in [4.78, 5) is 7.91. The summed E-state index contributed by atoms with van der Waals surface area (Å²) in [6.07, 6.45) is 3.51. The molecule has 1 N–H and O–H groups in total. The zero-order chi connectivity index (χ0) is 25.4. The molecule has 0 saturated carbocycles. The number of pyridine rings is 1. The Balaban J connectivity index is 1.45. The van der Waals surface area contributed by atoms with Gasteiger partial charge in [0.1, 0.15) is 23.9 Å². The number of H-pyrrole nitrogens is 1. The van der Waals surface area contributed by atoms with Crippen molar-refractivity contribution < 1.29 is 9.12 Å².